The van der Waals surface area contributed by atoms with Crippen LogP contribution >= 0.6 is 0 Å². The Bertz CT molecular complexity index is 635. The van der Waals surface area contributed by atoms with Gasteiger partial charge >= 0.3 is 0 Å². The summed E-state index contributed by atoms with van der Waals surface area (Å²) in [5.41, 5.74) is 2.79. The highest BCUT2D eigenvalue weighted by Crippen LogP contribution is 2.10. The summed E-state index contributed by atoms with van der Waals surface area (Å²) < 4.78 is 13.6. The molecule has 0 bridgehead atoms. The van der Waals surface area contributed by atoms with Crippen LogP contribution in [0.4, 0.5) is 4.39 Å². The zero-order valence-corrected chi connectivity index (χ0v) is 10.9. The molecule has 0 aliphatic carbocycles. The Morgan fingerprint density at radius 3 is 2.65 bits per heavy atom. The molecular weight excluding hydrogens is 255 g/mol. The molecule has 0 aromatic heterocycles. The lowest BCUT2D eigenvalue weighted by Gasteiger charge is -2.07. The van der Waals surface area contributed by atoms with Gasteiger partial charge in [0.05, 0.1) is 18.2 Å². The van der Waals surface area contributed by atoms with Crippen molar-refractivity contribution in [3.8, 4) is 6.07 Å². The maximum Gasteiger partial charge on any atom is 0.127 e. The van der Waals surface area contributed by atoms with Gasteiger partial charge in [-0.1, -0.05) is 24.3 Å². The Kier molecular flexibility index (Phi) is 4.83. The first-order chi connectivity index (χ1) is 9.72. The SMILES string of the molecule is N#Cc1ccc(F)c(CNCc2cccc(CO)c2)c1. The van der Waals surface area contributed by atoms with Gasteiger partial charge in [-0.25, -0.2) is 4.39 Å². The van der Waals surface area contributed by atoms with Gasteiger partial charge in [0.25, 0.3) is 0 Å². The molecule has 2 aromatic rings. The third-order valence-corrected chi connectivity index (χ3v) is 2.99. The normalized spacial score (nSPS) is 10.2. The van der Waals surface area contributed by atoms with Crippen LogP contribution in [0.2, 0.25) is 0 Å². The third kappa shape index (κ3) is 3.64. The number of nitriles is 1. The second-order valence-corrected chi connectivity index (χ2v) is 4.50. The Hall–Kier alpha value is -2.22. The number of aliphatic hydroxyl groups is 1. The van der Waals surface area contributed by atoms with E-state index in [0.29, 0.717) is 24.2 Å². The minimum atomic E-state index is -0.319. The molecule has 0 amide bonds. The number of nitrogens with zero attached hydrogens (tertiary/aromatic N) is 1. The fourth-order valence-corrected chi connectivity index (χ4v) is 1.96. The summed E-state index contributed by atoms with van der Waals surface area (Å²) in [4.78, 5) is 0. The summed E-state index contributed by atoms with van der Waals surface area (Å²) in [7, 11) is 0. The van der Waals surface area contributed by atoms with E-state index >= 15 is 0 Å². The minimum Gasteiger partial charge on any atom is -0.392 e. The highest BCUT2D eigenvalue weighted by Gasteiger charge is 2.03. The number of rotatable bonds is 5. The molecule has 0 radical (unpaired) electrons. The molecule has 0 spiro atoms. The number of hydrogen-bond acceptors (Lipinski definition) is 3. The summed E-state index contributed by atoms with van der Waals surface area (Å²) in [5.74, 6) is -0.319. The van der Waals surface area contributed by atoms with E-state index in [2.05, 4.69) is 5.32 Å². The molecule has 0 heterocycles. The van der Waals surface area contributed by atoms with Crippen molar-refractivity contribution in [2.45, 2.75) is 19.7 Å². The largest absolute Gasteiger partial charge is 0.392 e. The topological polar surface area (TPSA) is 56.0 Å². The van der Waals surface area contributed by atoms with Gasteiger partial charge in [-0.05, 0) is 29.3 Å². The van der Waals surface area contributed by atoms with Gasteiger partial charge in [-0.3, -0.25) is 0 Å². The maximum absolute atomic E-state index is 13.6. The molecule has 0 fully saturated rings. The predicted octanol–water partition coefficient (Wildman–Crippen LogP) is 2.48. The minimum absolute atomic E-state index is 0.00663. The molecular formula is C16H15FN2O. The lowest BCUT2D eigenvalue weighted by Crippen LogP contribution is -2.14. The first kappa shape index (κ1) is 14.2. The first-order valence-electron chi connectivity index (χ1n) is 6.31. The monoisotopic (exact) mass is 270 g/mol. The Labute approximate surface area is 117 Å². The molecule has 0 unspecified atom stereocenters. The zero-order valence-electron chi connectivity index (χ0n) is 10.9. The number of aliphatic hydroxyl groups excluding tert-OH is 1. The fourth-order valence-electron chi connectivity index (χ4n) is 1.96. The Morgan fingerprint density at radius 2 is 1.90 bits per heavy atom. The van der Waals surface area contributed by atoms with Crippen LogP contribution in [0.1, 0.15) is 22.3 Å². The quantitative estimate of drug-likeness (QED) is 0.877. The number of benzene rings is 2. The predicted molar refractivity (Wildman–Crippen MR) is 74.0 cm³/mol. The van der Waals surface area contributed by atoms with E-state index in [0.717, 1.165) is 11.1 Å². The van der Waals surface area contributed by atoms with Crippen molar-refractivity contribution in [3.05, 3.63) is 70.5 Å². The summed E-state index contributed by atoms with van der Waals surface area (Å²) >= 11 is 0. The average Bonchev–Trinajstić information content (AvgIpc) is 2.49. The van der Waals surface area contributed by atoms with Crippen LogP contribution in [0.3, 0.4) is 0 Å². The Morgan fingerprint density at radius 1 is 1.10 bits per heavy atom. The summed E-state index contributed by atoms with van der Waals surface area (Å²) in [6.07, 6.45) is 0. The van der Waals surface area contributed by atoms with E-state index in [-0.39, 0.29) is 12.4 Å². The van der Waals surface area contributed by atoms with Crippen LogP contribution in [0, 0.1) is 17.1 Å². The maximum atomic E-state index is 13.6. The third-order valence-electron chi connectivity index (χ3n) is 2.99. The van der Waals surface area contributed by atoms with Crippen LogP contribution in [0.25, 0.3) is 0 Å². The van der Waals surface area contributed by atoms with Crippen LogP contribution in [-0.4, -0.2) is 5.11 Å². The summed E-state index contributed by atoms with van der Waals surface area (Å²) in [6, 6.07) is 13.9. The smallest absolute Gasteiger partial charge is 0.127 e. The van der Waals surface area contributed by atoms with Crippen molar-refractivity contribution < 1.29 is 9.50 Å². The fraction of sp³-hybridized carbons (Fsp3) is 0.188. The van der Waals surface area contributed by atoms with Crippen LogP contribution in [0.5, 0.6) is 0 Å². The van der Waals surface area contributed by atoms with Crippen LogP contribution in [0.15, 0.2) is 42.5 Å². The second-order valence-electron chi connectivity index (χ2n) is 4.50. The number of nitrogens with one attached hydrogen (secondary N) is 1. The van der Waals surface area contributed by atoms with Crippen molar-refractivity contribution in [2.75, 3.05) is 0 Å². The molecule has 3 nitrogen and oxygen atoms in total. The summed E-state index contributed by atoms with van der Waals surface area (Å²) in [5, 5.41) is 21.0. The van der Waals surface area contributed by atoms with E-state index in [1.807, 2.05) is 30.3 Å². The molecule has 20 heavy (non-hydrogen) atoms. The second kappa shape index (κ2) is 6.80. The van der Waals surface area contributed by atoms with Gasteiger partial charge in [-0.2, -0.15) is 5.26 Å². The van der Waals surface area contributed by atoms with Crippen molar-refractivity contribution in [1.82, 2.24) is 5.32 Å². The van der Waals surface area contributed by atoms with Gasteiger partial charge in [-0.15, -0.1) is 0 Å². The molecule has 102 valence electrons. The average molecular weight is 270 g/mol. The van der Waals surface area contributed by atoms with Gasteiger partial charge in [0.1, 0.15) is 5.82 Å². The van der Waals surface area contributed by atoms with Gasteiger partial charge < -0.3 is 10.4 Å². The van der Waals surface area contributed by atoms with Crippen molar-refractivity contribution in [3.63, 3.8) is 0 Å². The van der Waals surface area contributed by atoms with Gasteiger partial charge in [0.15, 0.2) is 0 Å². The molecule has 0 saturated heterocycles. The van der Waals surface area contributed by atoms with E-state index in [4.69, 9.17) is 10.4 Å². The first-order valence-corrected chi connectivity index (χ1v) is 6.31. The molecule has 0 saturated carbocycles. The molecule has 4 heteroatoms. The zero-order chi connectivity index (χ0) is 14.4. The number of halogens is 1. The number of hydrogen-bond donors (Lipinski definition) is 2. The van der Waals surface area contributed by atoms with Gasteiger partial charge in [0.2, 0.25) is 0 Å². The van der Waals surface area contributed by atoms with E-state index in [1.54, 1.807) is 6.07 Å². The van der Waals surface area contributed by atoms with Crippen LogP contribution in [-0.2, 0) is 19.7 Å². The van der Waals surface area contributed by atoms with Gasteiger partial charge in [0, 0.05) is 18.7 Å². The lowest BCUT2D eigenvalue weighted by molar-refractivity contribution is 0.281. The summed E-state index contributed by atoms with van der Waals surface area (Å²) in [6.45, 7) is 0.932. The van der Waals surface area contributed by atoms with Crippen molar-refractivity contribution in [2.24, 2.45) is 0 Å². The molecule has 2 N–H and O–H groups in total. The lowest BCUT2D eigenvalue weighted by atomic mass is 10.1. The highest BCUT2D eigenvalue weighted by atomic mass is 19.1. The standard InChI is InChI=1S/C16H15FN2O/c17-16-5-4-12(8-18)7-15(16)10-19-9-13-2-1-3-14(6-13)11-20/h1-7,19-20H,9-11H2. The van der Waals surface area contributed by atoms with E-state index in [9.17, 15) is 4.39 Å². The molecule has 0 aliphatic heterocycles. The van der Waals surface area contributed by atoms with E-state index in [1.165, 1.54) is 12.1 Å². The highest BCUT2D eigenvalue weighted by molar-refractivity contribution is 5.33. The molecule has 2 aromatic carbocycles. The van der Waals surface area contributed by atoms with Crippen molar-refractivity contribution in [1.29, 1.82) is 5.26 Å². The molecule has 0 atom stereocenters. The molecule has 0 aliphatic rings. The van der Waals surface area contributed by atoms with Crippen LogP contribution < -0.4 is 5.32 Å². The Balaban J connectivity index is 1.97. The van der Waals surface area contributed by atoms with E-state index < -0.39 is 0 Å². The molecule has 2 rings (SSSR count). The van der Waals surface area contributed by atoms with Crippen molar-refractivity contribution >= 4 is 0 Å².